The number of halogens is 3. The summed E-state index contributed by atoms with van der Waals surface area (Å²) in [5.74, 6) is 0.345. The molecule has 2 nitrogen and oxygen atoms in total. The molecule has 2 rings (SSSR count). The van der Waals surface area contributed by atoms with Crippen molar-refractivity contribution >= 4 is 47.8 Å². The van der Waals surface area contributed by atoms with Gasteiger partial charge in [0.1, 0.15) is 11.5 Å². The van der Waals surface area contributed by atoms with E-state index in [1.54, 1.807) is 6.07 Å². The maximum absolute atomic E-state index is 10.5. The zero-order chi connectivity index (χ0) is 16.1. The van der Waals surface area contributed by atoms with Crippen LogP contribution in [-0.2, 0) is 0 Å². The van der Waals surface area contributed by atoms with Crippen LogP contribution in [0.2, 0.25) is 0 Å². The Hall–Kier alpha value is -0.520. The van der Waals surface area contributed by atoms with E-state index < -0.39 is 0 Å². The van der Waals surface area contributed by atoms with Crippen LogP contribution in [-0.4, -0.2) is 10.2 Å². The summed E-state index contributed by atoms with van der Waals surface area (Å²) in [4.78, 5) is 0. The van der Waals surface area contributed by atoms with Gasteiger partial charge in [0.15, 0.2) is 0 Å². The number of rotatable bonds is 1. The molecule has 0 unspecified atom stereocenters. The minimum Gasteiger partial charge on any atom is -0.507 e. The molecule has 21 heavy (non-hydrogen) atoms. The third-order valence-corrected chi connectivity index (χ3v) is 7.27. The Morgan fingerprint density at radius 3 is 1.81 bits per heavy atom. The van der Waals surface area contributed by atoms with Crippen molar-refractivity contribution in [2.24, 2.45) is 0 Å². The van der Waals surface area contributed by atoms with Gasteiger partial charge in [-0.3, -0.25) is 0 Å². The molecule has 112 valence electrons. The first-order chi connectivity index (χ1) is 9.68. The van der Waals surface area contributed by atoms with Crippen molar-refractivity contribution in [2.45, 2.75) is 27.7 Å². The fourth-order valence-corrected chi connectivity index (χ4v) is 3.76. The Morgan fingerprint density at radius 2 is 1.24 bits per heavy atom. The summed E-state index contributed by atoms with van der Waals surface area (Å²) >= 11 is 10.3. The lowest BCUT2D eigenvalue weighted by atomic mass is 9.91. The normalized spacial score (nSPS) is 11.0. The van der Waals surface area contributed by atoms with E-state index in [1.807, 2.05) is 27.7 Å². The number of benzene rings is 2. The number of phenolic OH excluding ortho intramolecular Hbond substituents is 2. The molecular weight excluding hydrogens is 464 g/mol. The van der Waals surface area contributed by atoms with Crippen LogP contribution in [0.25, 0.3) is 11.1 Å². The van der Waals surface area contributed by atoms with Gasteiger partial charge in [-0.25, -0.2) is 0 Å². The Bertz CT molecular complexity index is 723. The van der Waals surface area contributed by atoms with Gasteiger partial charge in [-0.1, -0.05) is 0 Å². The van der Waals surface area contributed by atoms with Gasteiger partial charge < -0.3 is 10.2 Å². The summed E-state index contributed by atoms with van der Waals surface area (Å²) in [6.07, 6.45) is 0. The lowest BCUT2D eigenvalue weighted by molar-refractivity contribution is 0.469. The molecule has 0 heterocycles. The average molecular weight is 479 g/mol. The second-order valence-corrected chi connectivity index (χ2v) is 7.49. The van der Waals surface area contributed by atoms with Gasteiger partial charge in [0.05, 0.1) is 8.95 Å². The molecule has 0 aliphatic carbocycles. The molecule has 0 aliphatic rings. The Labute approximate surface area is 149 Å². The quantitative estimate of drug-likeness (QED) is 0.506. The lowest BCUT2D eigenvalue weighted by Crippen LogP contribution is -1.96. The van der Waals surface area contributed by atoms with E-state index in [-0.39, 0.29) is 11.5 Å². The molecule has 2 aromatic rings. The van der Waals surface area contributed by atoms with Crippen molar-refractivity contribution in [2.75, 3.05) is 0 Å². The molecule has 0 fully saturated rings. The molecule has 0 spiro atoms. The predicted molar refractivity (Wildman–Crippen MR) is 97.3 cm³/mol. The zero-order valence-corrected chi connectivity index (χ0v) is 16.9. The summed E-state index contributed by atoms with van der Waals surface area (Å²) in [5, 5.41) is 20.6. The summed E-state index contributed by atoms with van der Waals surface area (Å²) in [6.45, 7) is 7.89. The summed E-state index contributed by atoms with van der Waals surface area (Å²) in [7, 11) is 0. The third-order valence-electron chi connectivity index (χ3n) is 3.98. The van der Waals surface area contributed by atoms with Crippen molar-refractivity contribution in [3.8, 4) is 22.6 Å². The topological polar surface area (TPSA) is 40.5 Å². The van der Waals surface area contributed by atoms with Crippen LogP contribution >= 0.6 is 47.8 Å². The first kappa shape index (κ1) is 16.8. The Balaban J connectivity index is 2.93. The summed E-state index contributed by atoms with van der Waals surface area (Å²) < 4.78 is 2.16. The molecule has 0 bridgehead atoms. The molecular formula is C16H15Br3O2. The molecule has 0 radical (unpaired) electrons. The highest BCUT2D eigenvalue weighted by atomic mass is 79.9. The third kappa shape index (κ3) is 2.64. The van der Waals surface area contributed by atoms with Gasteiger partial charge in [-0.05, 0) is 109 Å². The number of hydrogen-bond donors (Lipinski definition) is 2. The van der Waals surface area contributed by atoms with Crippen LogP contribution in [0.3, 0.4) is 0 Å². The van der Waals surface area contributed by atoms with Gasteiger partial charge in [0, 0.05) is 10.0 Å². The average Bonchev–Trinajstić information content (AvgIpc) is 2.46. The molecule has 0 aromatic heterocycles. The van der Waals surface area contributed by atoms with Crippen molar-refractivity contribution in [3.63, 3.8) is 0 Å². The number of phenols is 2. The van der Waals surface area contributed by atoms with Gasteiger partial charge in [0.2, 0.25) is 0 Å². The van der Waals surface area contributed by atoms with E-state index >= 15 is 0 Å². The molecule has 0 saturated heterocycles. The molecule has 5 heteroatoms. The molecule has 2 N–H and O–H groups in total. The predicted octanol–water partition coefficient (Wildman–Crippen LogP) is 6.29. The Morgan fingerprint density at radius 1 is 0.714 bits per heavy atom. The molecule has 0 saturated carbocycles. The van der Waals surface area contributed by atoms with Gasteiger partial charge in [-0.2, -0.15) is 0 Å². The fourth-order valence-electron chi connectivity index (χ4n) is 2.36. The monoisotopic (exact) mass is 476 g/mol. The van der Waals surface area contributed by atoms with Crippen LogP contribution in [0.15, 0.2) is 19.5 Å². The second kappa shape index (κ2) is 5.94. The van der Waals surface area contributed by atoms with Crippen LogP contribution in [0.1, 0.15) is 22.3 Å². The molecule has 2 aromatic carbocycles. The second-order valence-electron chi connectivity index (χ2n) is 5.11. The van der Waals surface area contributed by atoms with E-state index in [0.717, 1.165) is 37.9 Å². The van der Waals surface area contributed by atoms with Crippen LogP contribution in [0.5, 0.6) is 11.5 Å². The SMILES string of the molecule is Cc1c(-c2c(C)c(C)c(Br)c(Br)c2O)cc(O)c(Br)c1C. The van der Waals surface area contributed by atoms with E-state index in [1.165, 1.54) is 0 Å². The van der Waals surface area contributed by atoms with E-state index in [4.69, 9.17) is 0 Å². The maximum atomic E-state index is 10.5. The minimum atomic E-state index is 0.170. The summed E-state index contributed by atoms with van der Waals surface area (Å²) in [5.41, 5.74) is 5.58. The first-order valence-electron chi connectivity index (χ1n) is 6.34. The first-order valence-corrected chi connectivity index (χ1v) is 8.72. The zero-order valence-electron chi connectivity index (χ0n) is 12.1. The van der Waals surface area contributed by atoms with Gasteiger partial charge >= 0.3 is 0 Å². The summed E-state index contributed by atoms with van der Waals surface area (Å²) in [6, 6.07) is 1.69. The molecule has 0 atom stereocenters. The van der Waals surface area contributed by atoms with Crippen LogP contribution < -0.4 is 0 Å². The highest BCUT2D eigenvalue weighted by molar-refractivity contribution is 9.13. The molecule has 0 amide bonds. The van der Waals surface area contributed by atoms with Crippen LogP contribution in [0.4, 0.5) is 0 Å². The minimum absolute atomic E-state index is 0.170. The van der Waals surface area contributed by atoms with Gasteiger partial charge in [-0.15, -0.1) is 0 Å². The lowest BCUT2D eigenvalue weighted by Gasteiger charge is -2.19. The van der Waals surface area contributed by atoms with Crippen LogP contribution in [0, 0.1) is 27.7 Å². The highest BCUT2D eigenvalue weighted by Gasteiger charge is 2.21. The Kier molecular flexibility index (Phi) is 4.76. The van der Waals surface area contributed by atoms with E-state index in [2.05, 4.69) is 47.8 Å². The smallest absolute Gasteiger partial charge is 0.139 e. The standard InChI is InChI=1S/C16H15Br3O2/c1-6-8(3)13(17)11(20)5-10(6)12-7(2)9(4)14(18)15(19)16(12)21/h5,20-21H,1-4H3. The molecule has 0 aliphatic heterocycles. The number of aromatic hydroxyl groups is 2. The van der Waals surface area contributed by atoms with Crippen molar-refractivity contribution < 1.29 is 10.2 Å². The van der Waals surface area contributed by atoms with Gasteiger partial charge in [0.25, 0.3) is 0 Å². The van der Waals surface area contributed by atoms with E-state index in [9.17, 15) is 10.2 Å². The van der Waals surface area contributed by atoms with Crippen molar-refractivity contribution in [1.82, 2.24) is 0 Å². The van der Waals surface area contributed by atoms with Crippen molar-refractivity contribution in [3.05, 3.63) is 41.7 Å². The van der Waals surface area contributed by atoms with Crippen molar-refractivity contribution in [1.29, 1.82) is 0 Å². The largest absolute Gasteiger partial charge is 0.507 e. The highest BCUT2D eigenvalue weighted by Crippen LogP contribution is 2.47. The fraction of sp³-hybridized carbons (Fsp3) is 0.250. The maximum Gasteiger partial charge on any atom is 0.139 e. The van der Waals surface area contributed by atoms with E-state index in [0.29, 0.717) is 8.95 Å². The number of hydrogen-bond acceptors (Lipinski definition) is 2.